The molecule has 0 amide bonds. The monoisotopic (exact) mass is 324 g/mol. The number of benzene rings is 1. The molecule has 0 aliphatic carbocycles. The molecule has 1 nitrogen and oxygen atoms in total. The highest BCUT2D eigenvalue weighted by Crippen LogP contribution is 2.37. The zero-order valence-electron chi connectivity index (χ0n) is 10.1. The van der Waals surface area contributed by atoms with Gasteiger partial charge in [0.05, 0.1) is 9.90 Å². The van der Waals surface area contributed by atoms with Crippen LogP contribution < -0.4 is 0 Å². The quantitative estimate of drug-likeness (QED) is 0.775. The normalized spacial score (nSPS) is 13.6. The summed E-state index contributed by atoms with van der Waals surface area (Å²) in [5.74, 6) is -1.37. The van der Waals surface area contributed by atoms with E-state index < -0.39 is 23.7 Å². The molecule has 0 bridgehead atoms. The number of hydrogen-bond donors (Lipinski definition) is 1. The van der Waals surface area contributed by atoms with Crippen molar-refractivity contribution in [2.24, 2.45) is 0 Å². The molecule has 0 fully saturated rings. The highest BCUT2D eigenvalue weighted by atomic mass is 35.5. The van der Waals surface area contributed by atoms with Gasteiger partial charge in [0.25, 0.3) is 0 Å². The second-order valence-corrected chi connectivity index (χ2v) is 5.93. The number of alkyl halides is 3. The smallest absolute Gasteiger partial charge is 0.383 e. The van der Waals surface area contributed by atoms with Crippen LogP contribution in [0.3, 0.4) is 0 Å². The largest absolute Gasteiger partial charge is 0.419 e. The van der Waals surface area contributed by atoms with Crippen molar-refractivity contribution in [1.82, 2.24) is 0 Å². The Morgan fingerprint density at radius 1 is 1.25 bits per heavy atom. The van der Waals surface area contributed by atoms with E-state index in [2.05, 4.69) is 0 Å². The van der Waals surface area contributed by atoms with E-state index in [4.69, 9.17) is 11.6 Å². The Bertz CT molecular complexity index is 616. The van der Waals surface area contributed by atoms with Crippen LogP contribution in [-0.4, -0.2) is 5.11 Å². The molecule has 0 aliphatic rings. The van der Waals surface area contributed by atoms with E-state index in [-0.39, 0.29) is 5.56 Å². The van der Waals surface area contributed by atoms with Gasteiger partial charge in [-0.1, -0.05) is 17.7 Å². The fraction of sp³-hybridized carbons (Fsp3) is 0.231. The van der Waals surface area contributed by atoms with Crippen molar-refractivity contribution in [3.05, 3.63) is 56.0 Å². The molecule has 1 aromatic heterocycles. The van der Waals surface area contributed by atoms with E-state index >= 15 is 0 Å². The Labute approximate surface area is 121 Å². The molecule has 2 rings (SSSR count). The summed E-state index contributed by atoms with van der Waals surface area (Å²) in [5, 5.41) is 10.1. The average Bonchev–Trinajstić information content (AvgIpc) is 2.68. The van der Waals surface area contributed by atoms with E-state index in [0.29, 0.717) is 21.3 Å². The van der Waals surface area contributed by atoms with E-state index in [1.54, 1.807) is 13.0 Å². The lowest BCUT2D eigenvalue weighted by molar-refractivity contribution is -0.140. The van der Waals surface area contributed by atoms with Crippen molar-refractivity contribution in [3.8, 4) is 0 Å². The maximum Gasteiger partial charge on any atom is 0.419 e. The van der Waals surface area contributed by atoms with Crippen LogP contribution in [0.2, 0.25) is 4.34 Å². The first-order chi connectivity index (χ1) is 9.20. The van der Waals surface area contributed by atoms with E-state index in [0.717, 1.165) is 23.0 Å². The zero-order valence-corrected chi connectivity index (χ0v) is 11.7. The van der Waals surface area contributed by atoms with Crippen molar-refractivity contribution in [1.29, 1.82) is 0 Å². The summed E-state index contributed by atoms with van der Waals surface area (Å²) in [5.41, 5.74) is -0.700. The molecule has 1 unspecified atom stereocenters. The van der Waals surface area contributed by atoms with Crippen molar-refractivity contribution in [2.45, 2.75) is 19.2 Å². The minimum atomic E-state index is -4.80. The Balaban J connectivity index is 2.43. The van der Waals surface area contributed by atoms with Crippen molar-refractivity contribution in [2.75, 3.05) is 0 Å². The number of aryl methyl sites for hydroxylation is 1. The highest BCUT2D eigenvalue weighted by Gasteiger charge is 2.34. The third-order valence-electron chi connectivity index (χ3n) is 2.76. The molecule has 1 heterocycles. The Morgan fingerprint density at radius 3 is 2.40 bits per heavy atom. The topological polar surface area (TPSA) is 20.2 Å². The summed E-state index contributed by atoms with van der Waals surface area (Å²) < 4.78 is 51.5. The molecule has 2 aromatic rings. The Kier molecular flexibility index (Phi) is 4.09. The second-order valence-electron chi connectivity index (χ2n) is 4.25. The first-order valence-corrected chi connectivity index (χ1v) is 6.70. The number of aliphatic hydroxyl groups is 1. The van der Waals surface area contributed by atoms with E-state index in [9.17, 15) is 22.7 Å². The molecular weight excluding hydrogens is 316 g/mol. The maximum atomic E-state index is 13.2. The van der Waals surface area contributed by atoms with Gasteiger partial charge in [-0.25, -0.2) is 4.39 Å². The maximum absolute atomic E-state index is 13.2. The van der Waals surface area contributed by atoms with Crippen molar-refractivity contribution >= 4 is 22.9 Å². The van der Waals surface area contributed by atoms with Gasteiger partial charge in [0, 0.05) is 4.88 Å². The highest BCUT2D eigenvalue weighted by molar-refractivity contribution is 7.16. The van der Waals surface area contributed by atoms with Gasteiger partial charge >= 0.3 is 6.18 Å². The molecule has 108 valence electrons. The summed E-state index contributed by atoms with van der Waals surface area (Å²) in [6.45, 7) is 1.72. The lowest BCUT2D eigenvalue weighted by Crippen LogP contribution is -2.10. The van der Waals surface area contributed by atoms with Crippen LogP contribution >= 0.6 is 22.9 Å². The van der Waals surface area contributed by atoms with Crippen molar-refractivity contribution in [3.63, 3.8) is 0 Å². The fourth-order valence-corrected chi connectivity index (χ4v) is 2.94. The third kappa shape index (κ3) is 2.97. The van der Waals surface area contributed by atoms with Gasteiger partial charge in [-0.2, -0.15) is 13.2 Å². The summed E-state index contributed by atoms with van der Waals surface area (Å²) >= 11 is 6.93. The lowest BCUT2D eigenvalue weighted by atomic mass is 10.0. The summed E-state index contributed by atoms with van der Waals surface area (Å²) in [7, 11) is 0. The third-order valence-corrected chi connectivity index (χ3v) is 4.36. The van der Waals surface area contributed by atoms with Gasteiger partial charge in [-0.05, 0) is 36.2 Å². The van der Waals surface area contributed by atoms with Crippen LogP contribution in [0.15, 0.2) is 24.3 Å². The molecule has 0 radical (unpaired) electrons. The summed E-state index contributed by atoms with van der Waals surface area (Å²) in [6, 6.07) is 4.03. The van der Waals surface area contributed by atoms with Crippen LogP contribution in [0.1, 0.15) is 27.7 Å². The Hall–Kier alpha value is -1.11. The molecule has 0 saturated carbocycles. The molecule has 7 heteroatoms. The zero-order chi connectivity index (χ0) is 15.1. The minimum absolute atomic E-state index is 0.0309. The van der Waals surface area contributed by atoms with Gasteiger partial charge in [0.15, 0.2) is 0 Å². The average molecular weight is 325 g/mol. The molecule has 20 heavy (non-hydrogen) atoms. The summed E-state index contributed by atoms with van der Waals surface area (Å²) in [4.78, 5) is 0.409. The predicted octanol–water partition coefficient (Wildman–Crippen LogP) is 4.95. The number of aliphatic hydroxyl groups excluding tert-OH is 1. The number of halogens is 5. The molecule has 1 aromatic carbocycles. The van der Waals surface area contributed by atoms with Crippen LogP contribution in [0.25, 0.3) is 0 Å². The standard InChI is InChI=1S/C13H9ClF4OS/c1-6-4-10(20-12(6)14)11(19)7-2-3-9(15)8(5-7)13(16,17)18/h2-5,11,19H,1H3. The second kappa shape index (κ2) is 5.35. The fourth-order valence-electron chi connectivity index (χ4n) is 1.71. The van der Waals surface area contributed by atoms with Crippen LogP contribution in [0, 0.1) is 12.7 Å². The number of rotatable bonds is 2. The first kappa shape index (κ1) is 15.3. The minimum Gasteiger partial charge on any atom is -0.383 e. The van der Waals surface area contributed by atoms with Gasteiger partial charge in [-0.15, -0.1) is 11.3 Å². The number of thiophene rings is 1. The van der Waals surface area contributed by atoms with Gasteiger partial charge in [0.2, 0.25) is 0 Å². The molecule has 1 N–H and O–H groups in total. The molecule has 0 saturated heterocycles. The van der Waals surface area contributed by atoms with Crippen LogP contribution in [0.5, 0.6) is 0 Å². The Morgan fingerprint density at radius 2 is 1.90 bits per heavy atom. The first-order valence-electron chi connectivity index (χ1n) is 5.50. The number of hydrogen-bond acceptors (Lipinski definition) is 2. The van der Waals surface area contributed by atoms with Crippen molar-refractivity contribution < 1.29 is 22.7 Å². The predicted molar refractivity (Wildman–Crippen MR) is 69.5 cm³/mol. The van der Waals surface area contributed by atoms with Crippen LogP contribution in [-0.2, 0) is 6.18 Å². The van der Waals surface area contributed by atoms with Gasteiger partial charge in [0.1, 0.15) is 11.9 Å². The van der Waals surface area contributed by atoms with E-state index in [1.165, 1.54) is 0 Å². The van der Waals surface area contributed by atoms with E-state index in [1.807, 2.05) is 0 Å². The molecule has 1 atom stereocenters. The van der Waals surface area contributed by atoms with Gasteiger partial charge < -0.3 is 5.11 Å². The lowest BCUT2D eigenvalue weighted by Gasteiger charge is -2.13. The van der Waals surface area contributed by atoms with Gasteiger partial charge in [-0.3, -0.25) is 0 Å². The molecule has 0 aliphatic heterocycles. The molecular formula is C13H9ClF4OS. The summed E-state index contributed by atoms with van der Waals surface area (Å²) in [6.07, 6.45) is -6.07. The van der Waals surface area contributed by atoms with Crippen LogP contribution in [0.4, 0.5) is 17.6 Å². The SMILES string of the molecule is Cc1cc(C(O)c2ccc(F)c(C(F)(F)F)c2)sc1Cl. The molecule has 0 spiro atoms.